The normalized spacial score (nSPS) is 15.8. The third kappa shape index (κ3) is 4.75. The second-order valence-electron chi connectivity index (χ2n) is 8.32. The van der Waals surface area contributed by atoms with Gasteiger partial charge in [0.05, 0.1) is 17.1 Å². The first kappa shape index (κ1) is 25.8. The molecule has 4 aromatic rings. The van der Waals surface area contributed by atoms with E-state index >= 15 is 0 Å². The standard InChI is InChI=1S/C27H28N3OS3.ClH/c1-5-19-12-13-21-22(16-19)33-27(28(21)4)25-26(31)29(6-2)24(34-25)17-23-30(14-15-32-23)18(3)20-10-8-7-9-11-20;/h7-18H,5-6H2,1-4H3;1H/q+1;/p-1/b27-25+;. The zero-order valence-corrected chi connectivity index (χ0v) is 23.4. The van der Waals surface area contributed by atoms with Crippen molar-refractivity contribution in [3.8, 4) is 0 Å². The van der Waals surface area contributed by atoms with Gasteiger partial charge in [0.1, 0.15) is 14.2 Å². The molecule has 0 spiro atoms. The number of benzene rings is 2. The number of thiazole rings is 2. The van der Waals surface area contributed by atoms with E-state index in [0.29, 0.717) is 6.54 Å². The van der Waals surface area contributed by atoms with Crippen LogP contribution in [0.2, 0.25) is 0 Å². The molecule has 0 amide bonds. The maximum Gasteiger partial charge on any atom is 0.271 e. The molecule has 2 aromatic heterocycles. The molecule has 1 atom stereocenters. The number of hydrogen-bond donors (Lipinski definition) is 0. The van der Waals surface area contributed by atoms with Crippen LogP contribution in [0.1, 0.15) is 42.9 Å². The molecule has 0 radical (unpaired) electrons. The smallest absolute Gasteiger partial charge is 0.271 e. The number of fused-ring (bicyclic) bond motifs is 1. The molecule has 8 heteroatoms. The van der Waals surface area contributed by atoms with Crippen molar-refractivity contribution in [1.82, 2.24) is 4.57 Å². The first-order valence-corrected chi connectivity index (χ1v) is 14.1. The molecule has 182 valence electrons. The molecular formula is C27H28ClN3OS3. The fraction of sp³-hybridized carbons (Fsp3) is 0.259. The molecule has 4 nitrogen and oxygen atoms in total. The van der Waals surface area contributed by atoms with E-state index in [9.17, 15) is 4.79 Å². The van der Waals surface area contributed by atoms with Gasteiger partial charge in [0.15, 0.2) is 12.2 Å². The van der Waals surface area contributed by atoms with Crippen molar-refractivity contribution in [3.05, 3.63) is 95.8 Å². The van der Waals surface area contributed by atoms with Crippen LogP contribution in [0, 0.1) is 0 Å². The highest BCUT2D eigenvalue weighted by Gasteiger charge is 2.25. The van der Waals surface area contributed by atoms with E-state index in [2.05, 4.69) is 90.5 Å². The monoisotopic (exact) mass is 541 g/mol. The second-order valence-corrected chi connectivity index (χ2v) is 11.3. The molecule has 5 rings (SSSR count). The number of aromatic nitrogens is 2. The summed E-state index contributed by atoms with van der Waals surface area (Å²) in [6, 6.07) is 17.4. The highest BCUT2D eigenvalue weighted by Crippen LogP contribution is 2.45. The van der Waals surface area contributed by atoms with E-state index in [1.165, 1.54) is 21.7 Å². The van der Waals surface area contributed by atoms with Crippen LogP contribution < -0.4 is 36.6 Å². The molecule has 0 bridgehead atoms. The Morgan fingerprint density at radius 3 is 2.60 bits per heavy atom. The Hall–Kier alpha value is -2.32. The molecule has 2 aromatic carbocycles. The van der Waals surface area contributed by atoms with Gasteiger partial charge in [0.2, 0.25) is 0 Å². The third-order valence-electron chi connectivity index (χ3n) is 6.34. The highest BCUT2D eigenvalue weighted by molar-refractivity contribution is 8.08. The average molecular weight is 542 g/mol. The van der Waals surface area contributed by atoms with Crippen molar-refractivity contribution >= 4 is 51.2 Å². The van der Waals surface area contributed by atoms with Crippen molar-refractivity contribution in [2.24, 2.45) is 0 Å². The summed E-state index contributed by atoms with van der Waals surface area (Å²) in [5.41, 5.74) is 3.85. The minimum absolute atomic E-state index is 0. The molecular weight excluding hydrogens is 514 g/mol. The van der Waals surface area contributed by atoms with Crippen molar-refractivity contribution < 1.29 is 17.0 Å². The molecule has 1 aliphatic rings. The largest absolute Gasteiger partial charge is 1.00 e. The van der Waals surface area contributed by atoms with Gasteiger partial charge in [-0.1, -0.05) is 66.4 Å². The van der Waals surface area contributed by atoms with Gasteiger partial charge < -0.3 is 17.3 Å². The summed E-state index contributed by atoms with van der Waals surface area (Å²) in [7, 11) is 2.06. The molecule has 0 saturated heterocycles. The Kier molecular flexibility index (Phi) is 7.91. The summed E-state index contributed by atoms with van der Waals surface area (Å²) in [4.78, 5) is 16.9. The van der Waals surface area contributed by atoms with Gasteiger partial charge >= 0.3 is 0 Å². The van der Waals surface area contributed by atoms with Crippen molar-refractivity contribution in [1.29, 1.82) is 0 Å². The average Bonchev–Trinajstić information content (AvgIpc) is 3.54. The number of halogens is 1. The van der Waals surface area contributed by atoms with Crippen LogP contribution in [-0.4, -0.2) is 11.6 Å². The van der Waals surface area contributed by atoms with Crippen LogP contribution in [0.5, 0.6) is 0 Å². The minimum Gasteiger partial charge on any atom is -1.00 e. The first-order valence-electron chi connectivity index (χ1n) is 11.6. The summed E-state index contributed by atoms with van der Waals surface area (Å²) >= 11 is 5.01. The van der Waals surface area contributed by atoms with Crippen LogP contribution in [0.4, 0.5) is 5.69 Å². The fourth-order valence-corrected chi connectivity index (χ4v) is 7.76. The Labute approximate surface area is 224 Å². The van der Waals surface area contributed by atoms with Gasteiger partial charge in [-0.3, -0.25) is 9.36 Å². The summed E-state index contributed by atoms with van der Waals surface area (Å²) in [5.74, 6) is 0. The molecule has 3 heterocycles. The zero-order valence-electron chi connectivity index (χ0n) is 20.2. The summed E-state index contributed by atoms with van der Waals surface area (Å²) in [6.45, 7) is 7.08. The number of thioether (sulfide) groups is 1. The van der Waals surface area contributed by atoms with Crippen LogP contribution in [0.25, 0.3) is 11.1 Å². The number of hydrogen-bond acceptors (Lipinski definition) is 5. The first-order chi connectivity index (χ1) is 16.5. The third-order valence-corrected chi connectivity index (χ3v) is 9.63. The molecule has 1 unspecified atom stereocenters. The van der Waals surface area contributed by atoms with Crippen LogP contribution >= 0.6 is 34.4 Å². The lowest BCUT2D eigenvalue weighted by molar-refractivity contribution is -0.707. The number of aryl methyl sites for hydroxylation is 1. The van der Waals surface area contributed by atoms with Gasteiger partial charge in [-0.05, 0) is 31.0 Å². The molecule has 0 fully saturated rings. The maximum atomic E-state index is 13.5. The fourth-order valence-electron chi connectivity index (χ4n) is 4.31. The van der Waals surface area contributed by atoms with Crippen LogP contribution in [0.15, 0.2) is 69.8 Å². The van der Waals surface area contributed by atoms with E-state index < -0.39 is 0 Å². The topological polar surface area (TPSA) is 29.1 Å². The van der Waals surface area contributed by atoms with Gasteiger partial charge in [0.25, 0.3) is 10.6 Å². The van der Waals surface area contributed by atoms with Crippen molar-refractivity contribution in [2.45, 2.75) is 44.7 Å². The van der Waals surface area contributed by atoms with Crippen LogP contribution in [-0.2, 0) is 13.0 Å². The maximum absolute atomic E-state index is 13.5. The number of rotatable bonds is 5. The summed E-state index contributed by atoms with van der Waals surface area (Å²) < 4.78 is 5.99. The predicted octanol–water partition coefficient (Wildman–Crippen LogP) is 1.59. The number of anilines is 1. The quantitative estimate of drug-likeness (QED) is 0.359. The predicted molar refractivity (Wildman–Crippen MR) is 145 cm³/mol. The minimum atomic E-state index is 0. The molecule has 0 N–H and O–H groups in total. The van der Waals surface area contributed by atoms with Gasteiger partial charge in [-0.15, -0.1) is 11.3 Å². The van der Waals surface area contributed by atoms with E-state index in [-0.39, 0.29) is 24.0 Å². The lowest BCUT2D eigenvalue weighted by Gasteiger charge is -2.12. The van der Waals surface area contributed by atoms with E-state index in [0.717, 1.165) is 25.7 Å². The zero-order chi connectivity index (χ0) is 23.8. The van der Waals surface area contributed by atoms with E-state index in [1.54, 1.807) is 34.4 Å². The molecule has 35 heavy (non-hydrogen) atoms. The van der Waals surface area contributed by atoms with Crippen molar-refractivity contribution in [2.75, 3.05) is 11.9 Å². The Morgan fingerprint density at radius 1 is 1.11 bits per heavy atom. The molecule has 1 aliphatic heterocycles. The number of nitrogens with zero attached hydrogens (tertiary/aromatic N) is 3. The molecule has 0 saturated carbocycles. The Morgan fingerprint density at radius 2 is 1.89 bits per heavy atom. The van der Waals surface area contributed by atoms with Gasteiger partial charge in [0, 0.05) is 31.0 Å². The SMILES string of the molecule is CCc1ccc2c(c1)S/C(=c1/s/c(=C\c3scc[n+]3C(C)c3ccccc3)n(CC)c1=O)N2C.[Cl-]. The Bertz CT molecular complexity index is 1520. The van der Waals surface area contributed by atoms with E-state index in [4.69, 9.17) is 0 Å². The van der Waals surface area contributed by atoms with Gasteiger partial charge in [-0.25, -0.2) is 0 Å². The highest BCUT2D eigenvalue weighted by atomic mass is 35.5. The Balaban J connectivity index is 0.00000289. The summed E-state index contributed by atoms with van der Waals surface area (Å²) in [5, 5.41) is 4.28. The van der Waals surface area contributed by atoms with Crippen LogP contribution in [0.3, 0.4) is 0 Å². The summed E-state index contributed by atoms with van der Waals surface area (Å²) in [6.07, 6.45) is 5.32. The van der Waals surface area contributed by atoms with Gasteiger partial charge in [-0.2, -0.15) is 4.57 Å². The lowest BCUT2D eigenvalue weighted by Crippen LogP contribution is -3.00. The lowest BCUT2D eigenvalue weighted by atomic mass is 10.1. The van der Waals surface area contributed by atoms with Crippen molar-refractivity contribution in [3.63, 3.8) is 0 Å². The second kappa shape index (κ2) is 10.7. The molecule has 0 aliphatic carbocycles. The van der Waals surface area contributed by atoms with E-state index in [1.807, 2.05) is 17.6 Å².